The minimum atomic E-state index is 0.518. The largest absolute Gasteiger partial charge is 0.311 e. The van der Waals surface area contributed by atoms with E-state index in [9.17, 15) is 0 Å². The fourth-order valence-corrected chi connectivity index (χ4v) is 0.463. The molecule has 0 aromatic carbocycles. The first-order valence-corrected chi connectivity index (χ1v) is 3.06. The van der Waals surface area contributed by atoms with E-state index in [2.05, 4.69) is 11.9 Å². The van der Waals surface area contributed by atoms with Crippen LogP contribution < -0.4 is 5.32 Å². The van der Waals surface area contributed by atoms with E-state index in [1.54, 1.807) is 0 Å². The summed E-state index contributed by atoms with van der Waals surface area (Å²) < 4.78 is 0. The first-order chi connectivity index (χ1) is 4.27. The number of nitriles is 1. The lowest BCUT2D eigenvalue weighted by Gasteiger charge is -1.96. The summed E-state index contributed by atoms with van der Waals surface area (Å²) in [4.78, 5) is 0. The molecule has 0 saturated carbocycles. The highest BCUT2D eigenvalue weighted by Gasteiger charge is 1.85. The van der Waals surface area contributed by atoms with E-state index >= 15 is 0 Å². The van der Waals surface area contributed by atoms with Crippen LogP contribution in [0.5, 0.6) is 0 Å². The van der Waals surface area contributed by atoms with Crippen molar-refractivity contribution in [3.63, 3.8) is 0 Å². The Hall–Kier alpha value is -0.520. The third kappa shape index (κ3) is 7.48. The first-order valence-electron chi connectivity index (χ1n) is 2.68. The zero-order valence-electron chi connectivity index (χ0n) is 5.15. The Morgan fingerprint density at radius 3 is 2.89 bits per heavy atom. The molecule has 0 bridgehead atoms. The fourth-order valence-electron chi connectivity index (χ4n) is 0.368. The minimum Gasteiger partial charge on any atom is -0.311 e. The van der Waals surface area contributed by atoms with E-state index in [4.69, 9.17) is 16.9 Å². The van der Waals surface area contributed by atoms with Crippen molar-refractivity contribution in [2.24, 2.45) is 0 Å². The molecule has 0 unspecified atom stereocenters. The molecule has 0 aliphatic heterocycles. The van der Waals surface area contributed by atoms with Crippen LogP contribution in [-0.2, 0) is 0 Å². The van der Waals surface area contributed by atoms with E-state index in [1.807, 2.05) is 6.07 Å². The topological polar surface area (TPSA) is 35.8 Å². The van der Waals surface area contributed by atoms with Gasteiger partial charge in [0.1, 0.15) is 0 Å². The smallest absolute Gasteiger partial charge is 0.0635 e. The predicted molar refractivity (Wildman–Crippen MR) is 38.1 cm³/mol. The van der Waals surface area contributed by atoms with Gasteiger partial charge in [-0.05, 0) is 0 Å². The second-order valence-electron chi connectivity index (χ2n) is 1.60. The molecule has 0 aromatic rings. The molecule has 3 heteroatoms. The molecule has 0 aliphatic rings. The molecule has 0 saturated heterocycles. The second kappa shape index (κ2) is 5.61. The summed E-state index contributed by atoms with van der Waals surface area (Å²) in [5.74, 6) is 0. The quantitative estimate of drug-likeness (QED) is 0.603. The first kappa shape index (κ1) is 8.48. The summed E-state index contributed by atoms with van der Waals surface area (Å²) in [5.41, 5.74) is 0. The van der Waals surface area contributed by atoms with Crippen LogP contribution in [-0.4, -0.2) is 13.1 Å². The van der Waals surface area contributed by atoms with Crippen LogP contribution in [0.1, 0.15) is 6.42 Å². The third-order valence-corrected chi connectivity index (χ3v) is 0.864. The Morgan fingerprint density at radius 1 is 1.78 bits per heavy atom. The molecule has 0 aromatic heterocycles. The Bertz CT molecular complexity index is 126. The lowest BCUT2D eigenvalue weighted by Crippen LogP contribution is -2.15. The zero-order chi connectivity index (χ0) is 7.11. The van der Waals surface area contributed by atoms with Gasteiger partial charge in [0.15, 0.2) is 0 Å². The van der Waals surface area contributed by atoms with Gasteiger partial charge in [0.25, 0.3) is 0 Å². The molecule has 0 aliphatic carbocycles. The summed E-state index contributed by atoms with van der Waals surface area (Å²) >= 11 is 5.42. The van der Waals surface area contributed by atoms with E-state index < -0.39 is 0 Å². The Labute approximate surface area is 60.1 Å². The van der Waals surface area contributed by atoms with Gasteiger partial charge in [0.05, 0.1) is 6.07 Å². The number of nitrogens with zero attached hydrogens (tertiary/aromatic N) is 1. The molecule has 2 nitrogen and oxygen atoms in total. The molecule has 0 heterocycles. The zero-order valence-corrected chi connectivity index (χ0v) is 5.91. The van der Waals surface area contributed by atoms with Crippen molar-refractivity contribution in [3.05, 3.63) is 11.6 Å². The van der Waals surface area contributed by atoms with Gasteiger partial charge in [0.2, 0.25) is 0 Å². The maximum atomic E-state index is 8.09. The SMILES string of the molecule is C=C(Cl)CNCCC#N. The molecule has 0 atom stereocenters. The molecule has 0 rings (SSSR count). The van der Waals surface area contributed by atoms with Crippen LogP contribution in [0.25, 0.3) is 0 Å². The number of halogens is 1. The number of rotatable bonds is 4. The lowest BCUT2D eigenvalue weighted by molar-refractivity contribution is 0.757. The fraction of sp³-hybridized carbons (Fsp3) is 0.500. The highest BCUT2D eigenvalue weighted by molar-refractivity contribution is 6.29. The second-order valence-corrected chi connectivity index (χ2v) is 2.14. The van der Waals surface area contributed by atoms with Crippen LogP contribution in [0.4, 0.5) is 0 Å². The normalized spacial score (nSPS) is 8.44. The monoisotopic (exact) mass is 144 g/mol. The molecule has 0 fully saturated rings. The Kier molecular flexibility index (Phi) is 5.29. The highest BCUT2D eigenvalue weighted by atomic mass is 35.5. The molecule has 0 amide bonds. The van der Waals surface area contributed by atoms with E-state index in [0.717, 1.165) is 0 Å². The van der Waals surface area contributed by atoms with Gasteiger partial charge in [-0.15, -0.1) is 0 Å². The van der Waals surface area contributed by atoms with Crippen molar-refractivity contribution in [1.82, 2.24) is 5.32 Å². The summed E-state index contributed by atoms with van der Waals surface area (Å²) in [7, 11) is 0. The summed E-state index contributed by atoms with van der Waals surface area (Å²) in [5, 5.41) is 11.6. The Balaban J connectivity index is 2.94. The third-order valence-electron chi connectivity index (χ3n) is 0.730. The van der Waals surface area contributed by atoms with Crippen molar-refractivity contribution in [2.45, 2.75) is 6.42 Å². The molecule has 50 valence electrons. The van der Waals surface area contributed by atoms with Gasteiger partial charge in [-0.1, -0.05) is 18.2 Å². The summed E-state index contributed by atoms with van der Waals surface area (Å²) in [6, 6.07) is 2.01. The molecule has 0 radical (unpaired) electrons. The number of hydrogen-bond acceptors (Lipinski definition) is 2. The van der Waals surface area contributed by atoms with E-state index in [0.29, 0.717) is 24.5 Å². The van der Waals surface area contributed by atoms with Gasteiger partial charge in [-0.3, -0.25) is 0 Å². The average molecular weight is 145 g/mol. The van der Waals surface area contributed by atoms with E-state index in [1.165, 1.54) is 0 Å². The standard InChI is InChI=1S/C6H9ClN2/c1-6(7)5-9-4-2-3-8/h9H,1-2,4-5H2. The lowest BCUT2D eigenvalue weighted by atomic mass is 10.4. The van der Waals surface area contributed by atoms with Crippen molar-refractivity contribution in [1.29, 1.82) is 5.26 Å². The summed E-state index contributed by atoms with van der Waals surface area (Å²) in [6.07, 6.45) is 0.518. The molecule has 9 heavy (non-hydrogen) atoms. The number of nitrogens with one attached hydrogen (secondary N) is 1. The summed E-state index contributed by atoms with van der Waals surface area (Å²) in [6.45, 7) is 4.74. The van der Waals surface area contributed by atoms with E-state index in [-0.39, 0.29) is 0 Å². The molecule has 1 N–H and O–H groups in total. The van der Waals surface area contributed by atoms with Crippen LogP contribution in [0.15, 0.2) is 11.6 Å². The highest BCUT2D eigenvalue weighted by Crippen LogP contribution is 1.91. The van der Waals surface area contributed by atoms with Crippen LogP contribution in [0, 0.1) is 11.3 Å². The van der Waals surface area contributed by atoms with Gasteiger partial charge >= 0.3 is 0 Å². The van der Waals surface area contributed by atoms with Crippen LogP contribution >= 0.6 is 11.6 Å². The van der Waals surface area contributed by atoms with Gasteiger partial charge in [-0.25, -0.2) is 0 Å². The predicted octanol–water partition coefficient (Wildman–Crippen LogP) is 1.24. The number of hydrogen-bond donors (Lipinski definition) is 1. The molecular weight excluding hydrogens is 136 g/mol. The van der Waals surface area contributed by atoms with Crippen molar-refractivity contribution in [3.8, 4) is 6.07 Å². The average Bonchev–Trinajstić information content (AvgIpc) is 1.80. The minimum absolute atomic E-state index is 0.518. The maximum Gasteiger partial charge on any atom is 0.0635 e. The van der Waals surface area contributed by atoms with Gasteiger partial charge in [0, 0.05) is 24.5 Å². The van der Waals surface area contributed by atoms with Crippen molar-refractivity contribution < 1.29 is 0 Å². The Morgan fingerprint density at radius 2 is 2.44 bits per heavy atom. The molecular formula is C6H9ClN2. The van der Waals surface area contributed by atoms with Crippen molar-refractivity contribution >= 4 is 11.6 Å². The van der Waals surface area contributed by atoms with Crippen LogP contribution in [0.3, 0.4) is 0 Å². The molecule has 0 spiro atoms. The maximum absolute atomic E-state index is 8.09. The van der Waals surface area contributed by atoms with Gasteiger partial charge < -0.3 is 5.32 Å². The van der Waals surface area contributed by atoms with Gasteiger partial charge in [-0.2, -0.15) is 5.26 Å². The van der Waals surface area contributed by atoms with Crippen molar-refractivity contribution in [2.75, 3.05) is 13.1 Å². The van der Waals surface area contributed by atoms with Crippen LogP contribution in [0.2, 0.25) is 0 Å².